The summed E-state index contributed by atoms with van der Waals surface area (Å²) < 4.78 is 10.4. The maximum Gasteiger partial charge on any atom is 0.260 e. The summed E-state index contributed by atoms with van der Waals surface area (Å²) in [6.45, 7) is 4.95. The molecule has 6 heteroatoms. The highest BCUT2D eigenvalue weighted by molar-refractivity contribution is 6.04. The lowest BCUT2D eigenvalue weighted by atomic mass is 10.2. The minimum absolute atomic E-state index is 0.215. The standard InChI is InChI=1S/C15H17N3O3/c1-11-13(4-7-21-11)15(19)17-14-3-2-12(10-16-14)18-5-8-20-9-6-18/h2-4,7,10H,5-6,8-9H2,1H3,(H,16,17,19). The van der Waals surface area contributed by atoms with Gasteiger partial charge in [0.25, 0.3) is 5.91 Å². The molecule has 1 saturated heterocycles. The number of carbonyl (C=O) groups is 1. The molecule has 21 heavy (non-hydrogen) atoms. The number of furan rings is 1. The van der Waals surface area contributed by atoms with Gasteiger partial charge in [-0.25, -0.2) is 4.98 Å². The zero-order valence-electron chi connectivity index (χ0n) is 11.8. The summed E-state index contributed by atoms with van der Waals surface area (Å²) >= 11 is 0. The number of aryl methyl sites for hydroxylation is 1. The van der Waals surface area contributed by atoms with Crippen molar-refractivity contribution >= 4 is 17.4 Å². The lowest BCUT2D eigenvalue weighted by molar-refractivity contribution is 0.102. The second-order valence-electron chi connectivity index (χ2n) is 4.85. The topological polar surface area (TPSA) is 67.6 Å². The molecule has 1 aliphatic heterocycles. The molecule has 1 aliphatic rings. The van der Waals surface area contributed by atoms with Crippen LogP contribution in [0.1, 0.15) is 16.1 Å². The van der Waals surface area contributed by atoms with E-state index in [4.69, 9.17) is 9.15 Å². The van der Waals surface area contributed by atoms with Gasteiger partial charge in [0.05, 0.1) is 36.9 Å². The Balaban J connectivity index is 1.67. The Morgan fingerprint density at radius 3 is 2.71 bits per heavy atom. The van der Waals surface area contributed by atoms with E-state index in [0.717, 1.165) is 32.0 Å². The zero-order valence-corrected chi connectivity index (χ0v) is 11.8. The van der Waals surface area contributed by atoms with E-state index < -0.39 is 0 Å². The van der Waals surface area contributed by atoms with Crippen LogP contribution in [0.2, 0.25) is 0 Å². The molecule has 1 amide bonds. The van der Waals surface area contributed by atoms with Crippen molar-refractivity contribution in [3.8, 4) is 0 Å². The molecule has 6 nitrogen and oxygen atoms in total. The molecule has 0 aliphatic carbocycles. The van der Waals surface area contributed by atoms with E-state index in [0.29, 0.717) is 17.1 Å². The Bertz CT molecular complexity index is 615. The van der Waals surface area contributed by atoms with Gasteiger partial charge in [0.15, 0.2) is 0 Å². The largest absolute Gasteiger partial charge is 0.469 e. The van der Waals surface area contributed by atoms with E-state index in [-0.39, 0.29) is 5.91 Å². The van der Waals surface area contributed by atoms with Gasteiger partial charge in [-0.05, 0) is 25.1 Å². The Morgan fingerprint density at radius 2 is 2.10 bits per heavy atom. The third-order valence-corrected chi connectivity index (χ3v) is 3.47. The number of amides is 1. The number of aromatic nitrogens is 1. The first kappa shape index (κ1) is 13.6. The maximum absolute atomic E-state index is 12.0. The van der Waals surface area contributed by atoms with Crippen molar-refractivity contribution in [2.45, 2.75) is 6.92 Å². The number of anilines is 2. The Kier molecular flexibility index (Phi) is 3.87. The molecular weight excluding hydrogens is 270 g/mol. The van der Waals surface area contributed by atoms with Gasteiger partial charge < -0.3 is 19.4 Å². The highest BCUT2D eigenvalue weighted by atomic mass is 16.5. The van der Waals surface area contributed by atoms with E-state index in [1.165, 1.54) is 6.26 Å². The number of hydrogen-bond donors (Lipinski definition) is 1. The molecule has 2 aromatic heterocycles. The molecule has 0 saturated carbocycles. The molecule has 110 valence electrons. The Labute approximate surface area is 122 Å². The van der Waals surface area contributed by atoms with Gasteiger partial charge in [0, 0.05) is 13.1 Å². The lowest BCUT2D eigenvalue weighted by Gasteiger charge is -2.28. The first-order valence-electron chi connectivity index (χ1n) is 6.88. The average Bonchev–Trinajstić information content (AvgIpc) is 2.95. The third-order valence-electron chi connectivity index (χ3n) is 3.47. The van der Waals surface area contributed by atoms with Crippen LogP contribution in [0, 0.1) is 6.92 Å². The van der Waals surface area contributed by atoms with Crippen molar-refractivity contribution in [1.29, 1.82) is 0 Å². The molecule has 0 aromatic carbocycles. The van der Waals surface area contributed by atoms with E-state index in [9.17, 15) is 4.79 Å². The van der Waals surface area contributed by atoms with Crippen molar-refractivity contribution in [1.82, 2.24) is 4.98 Å². The molecule has 0 bridgehead atoms. The van der Waals surface area contributed by atoms with Crippen molar-refractivity contribution < 1.29 is 13.9 Å². The molecule has 3 heterocycles. The maximum atomic E-state index is 12.0. The summed E-state index contributed by atoms with van der Waals surface area (Å²) in [5, 5.41) is 2.76. The first-order valence-corrected chi connectivity index (χ1v) is 6.88. The Morgan fingerprint density at radius 1 is 1.29 bits per heavy atom. The van der Waals surface area contributed by atoms with Gasteiger partial charge in [-0.1, -0.05) is 0 Å². The van der Waals surface area contributed by atoms with Gasteiger partial charge in [-0.15, -0.1) is 0 Å². The first-order chi connectivity index (χ1) is 10.2. The van der Waals surface area contributed by atoms with Crippen LogP contribution in [-0.4, -0.2) is 37.2 Å². The van der Waals surface area contributed by atoms with Gasteiger partial charge in [0.2, 0.25) is 0 Å². The normalized spacial score (nSPS) is 15.0. The lowest BCUT2D eigenvalue weighted by Crippen LogP contribution is -2.36. The van der Waals surface area contributed by atoms with Crippen LogP contribution in [0.3, 0.4) is 0 Å². The molecule has 2 aromatic rings. The SMILES string of the molecule is Cc1occc1C(=O)Nc1ccc(N2CCOCC2)cn1. The van der Waals surface area contributed by atoms with Gasteiger partial charge in [-0.2, -0.15) is 0 Å². The van der Waals surface area contributed by atoms with Gasteiger partial charge >= 0.3 is 0 Å². The minimum Gasteiger partial charge on any atom is -0.469 e. The molecule has 1 fully saturated rings. The molecule has 0 unspecified atom stereocenters. The number of nitrogens with zero attached hydrogens (tertiary/aromatic N) is 2. The fraction of sp³-hybridized carbons (Fsp3) is 0.333. The van der Waals surface area contributed by atoms with Gasteiger partial charge in [0.1, 0.15) is 11.6 Å². The molecular formula is C15H17N3O3. The number of ether oxygens (including phenoxy) is 1. The number of hydrogen-bond acceptors (Lipinski definition) is 5. The van der Waals surface area contributed by atoms with Gasteiger partial charge in [-0.3, -0.25) is 4.79 Å². The number of pyridine rings is 1. The van der Waals surface area contributed by atoms with Crippen molar-refractivity contribution in [3.63, 3.8) is 0 Å². The molecule has 1 N–H and O–H groups in total. The molecule has 0 atom stereocenters. The molecule has 3 rings (SSSR count). The monoisotopic (exact) mass is 287 g/mol. The van der Waals surface area contributed by atoms with Crippen molar-refractivity contribution in [3.05, 3.63) is 42.0 Å². The predicted octanol–water partition coefficient (Wildman–Crippen LogP) is 2.07. The van der Waals surface area contributed by atoms with Crippen LogP contribution in [0.25, 0.3) is 0 Å². The number of rotatable bonds is 3. The summed E-state index contributed by atoms with van der Waals surface area (Å²) in [6, 6.07) is 5.40. The van der Waals surface area contributed by atoms with Crippen LogP contribution in [0.15, 0.2) is 35.1 Å². The van der Waals surface area contributed by atoms with E-state index in [1.807, 2.05) is 6.07 Å². The molecule has 0 spiro atoms. The van der Waals surface area contributed by atoms with Crippen LogP contribution in [-0.2, 0) is 4.74 Å². The summed E-state index contributed by atoms with van der Waals surface area (Å²) in [6.07, 6.45) is 3.27. The summed E-state index contributed by atoms with van der Waals surface area (Å²) in [5.74, 6) is 0.905. The smallest absolute Gasteiger partial charge is 0.260 e. The van der Waals surface area contributed by atoms with Crippen LogP contribution in [0.4, 0.5) is 11.5 Å². The van der Waals surface area contributed by atoms with E-state index in [1.54, 1.807) is 25.3 Å². The summed E-state index contributed by atoms with van der Waals surface area (Å²) in [7, 11) is 0. The highest BCUT2D eigenvalue weighted by Gasteiger charge is 2.14. The van der Waals surface area contributed by atoms with E-state index >= 15 is 0 Å². The van der Waals surface area contributed by atoms with Crippen molar-refractivity contribution in [2.75, 3.05) is 36.5 Å². The summed E-state index contributed by atoms with van der Waals surface area (Å²) in [4.78, 5) is 18.5. The van der Waals surface area contributed by atoms with E-state index in [2.05, 4.69) is 15.2 Å². The fourth-order valence-corrected chi connectivity index (χ4v) is 2.27. The molecule has 0 radical (unpaired) electrons. The zero-order chi connectivity index (χ0) is 14.7. The average molecular weight is 287 g/mol. The van der Waals surface area contributed by atoms with Crippen molar-refractivity contribution in [2.24, 2.45) is 0 Å². The minimum atomic E-state index is -0.215. The number of carbonyl (C=O) groups excluding carboxylic acids is 1. The predicted molar refractivity (Wildman–Crippen MR) is 78.7 cm³/mol. The number of morpholine rings is 1. The van der Waals surface area contributed by atoms with Crippen LogP contribution < -0.4 is 10.2 Å². The highest BCUT2D eigenvalue weighted by Crippen LogP contribution is 2.17. The van der Waals surface area contributed by atoms with Crippen LogP contribution in [0.5, 0.6) is 0 Å². The summed E-state index contributed by atoms with van der Waals surface area (Å²) in [5.41, 5.74) is 1.56. The Hall–Kier alpha value is -2.34. The third kappa shape index (κ3) is 3.05. The quantitative estimate of drug-likeness (QED) is 0.936. The number of nitrogens with one attached hydrogen (secondary N) is 1. The fourth-order valence-electron chi connectivity index (χ4n) is 2.27. The second-order valence-corrected chi connectivity index (χ2v) is 4.85. The second kappa shape index (κ2) is 5.97. The van der Waals surface area contributed by atoms with Crippen LogP contribution >= 0.6 is 0 Å².